The topological polar surface area (TPSA) is 96.9 Å². The maximum absolute atomic E-state index is 11.3. The van der Waals surface area contributed by atoms with Crippen LogP contribution in [0.1, 0.15) is 26.7 Å². The molecule has 0 aromatic heterocycles. The van der Waals surface area contributed by atoms with Crippen molar-refractivity contribution in [2.24, 2.45) is 16.0 Å². The molecule has 0 saturated heterocycles. The molecule has 0 atom stereocenters. The van der Waals surface area contributed by atoms with E-state index in [1.54, 1.807) is 0 Å². The van der Waals surface area contributed by atoms with E-state index in [0.717, 1.165) is 11.4 Å². The van der Waals surface area contributed by atoms with Crippen molar-refractivity contribution >= 4 is 39.2 Å². The summed E-state index contributed by atoms with van der Waals surface area (Å²) in [5.74, 6) is -0.375. The Morgan fingerprint density at radius 3 is 1.62 bits per heavy atom. The number of nitrogens with two attached hydrogens (primary N) is 1. The first-order valence-corrected chi connectivity index (χ1v) is 9.02. The van der Waals surface area contributed by atoms with Crippen molar-refractivity contribution in [3.63, 3.8) is 0 Å². The predicted octanol–water partition coefficient (Wildman–Crippen LogP) is 5.24. The lowest BCUT2D eigenvalue weighted by Gasteiger charge is -2.21. The summed E-state index contributed by atoms with van der Waals surface area (Å²) in [5, 5.41) is 10.2. The quantitative estimate of drug-likeness (QED) is 0.512. The molecule has 0 radical (unpaired) electrons. The lowest BCUT2D eigenvalue weighted by atomic mass is 10.0. The van der Waals surface area contributed by atoms with Crippen LogP contribution in [-0.2, 0) is 4.79 Å². The number of carbonyl (C=O) groups excluding carboxylic acids is 2. The molecule has 0 spiro atoms. The van der Waals surface area contributed by atoms with Crippen molar-refractivity contribution in [1.29, 1.82) is 0 Å². The number of hydrogen-bond donors (Lipinski definition) is 2. The summed E-state index contributed by atoms with van der Waals surface area (Å²) in [6.45, 7) is 3.72. The van der Waals surface area contributed by atoms with Gasteiger partial charge in [-0.25, -0.2) is 4.79 Å². The molecule has 0 aliphatic heterocycles. The molecule has 2 rings (SSSR count). The molecule has 0 aliphatic carbocycles. The van der Waals surface area contributed by atoms with Gasteiger partial charge in [-0.2, -0.15) is 10.2 Å². The van der Waals surface area contributed by atoms with Crippen molar-refractivity contribution in [2.45, 2.75) is 31.0 Å². The van der Waals surface area contributed by atoms with E-state index < -0.39 is 10.4 Å². The zero-order chi connectivity index (χ0) is 19.4. The van der Waals surface area contributed by atoms with Crippen LogP contribution >= 0.6 is 15.9 Å². The molecule has 3 amide bonds. The third-order valence-electron chi connectivity index (χ3n) is 3.56. The highest BCUT2D eigenvalue weighted by Gasteiger charge is 2.32. The van der Waals surface area contributed by atoms with E-state index in [1.165, 1.54) is 0 Å². The van der Waals surface area contributed by atoms with Crippen LogP contribution in [0.4, 0.5) is 16.2 Å². The third kappa shape index (κ3) is 7.57. The fourth-order valence-electron chi connectivity index (χ4n) is 1.90. The van der Waals surface area contributed by atoms with Gasteiger partial charge >= 0.3 is 6.03 Å². The van der Waals surface area contributed by atoms with Crippen molar-refractivity contribution in [2.75, 3.05) is 0 Å². The molecule has 2 aromatic carbocycles. The molecule has 0 heterocycles. The molecule has 0 unspecified atom stereocenters. The lowest BCUT2D eigenvalue weighted by Crippen LogP contribution is -2.46. The van der Waals surface area contributed by atoms with Gasteiger partial charge in [0.2, 0.25) is 5.91 Å². The number of primary amides is 1. The average Bonchev–Trinajstić information content (AvgIpc) is 2.67. The van der Waals surface area contributed by atoms with Crippen LogP contribution in [0.15, 0.2) is 70.9 Å². The van der Waals surface area contributed by atoms with Crippen LogP contribution in [0, 0.1) is 0 Å². The maximum atomic E-state index is 11.3. The van der Waals surface area contributed by atoms with Crippen LogP contribution in [0.25, 0.3) is 0 Å². The van der Waals surface area contributed by atoms with Gasteiger partial charge in [0.25, 0.3) is 0 Å². The van der Waals surface area contributed by atoms with Crippen molar-refractivity contribution in [1.82, 2.24) is 5.32 Å². The van der Waals surface area contributed by atoms with Gasteiger partial charge in [-0.15, -0.1) is 0 Å². The molecule has 0 aliphatic rings. The predicted molar refractivity (Wildman–Crippen MR) is 107 cm³/mol. The van der Waals surface area contributed by atoms with E-state index in [0.29, 0.717) is 12.8 Å². The second-order valence-corrected chi connectivity index (χ2v) is 6.88. The number of amides is 3. The van der Waals surface area contributed by atoms with Crippen LogP contribution in [0.2, 0.25) is 0 Å². The Labute approximate surface area is 162 Å². The van der Waals surface area contributed by atoms with Crippen LogP contribution < -0.4 is 11.1 Å². The number of imide groups is 1. The van der Waals surface area contributed by atoms with Gasteiger partial charge in [0, 0.05) is 0 Å². The number of rotatable bonds is 5. The summed E-state index contributed by atoms with van der Waals surface area (Å²) < 4.78 is -0.665. The number of alkyl halides is 1. The minimum Gasteiger partial charge on any atom is -0.351 e. The zero-order valence-electron chi connectivity index (χ0n) is 14.9. The largest absolute Gasteiger partial charge is 0.351 e. The second kappa shape index (κ2) is 11.1. The third-order valence-corrected chi connectivity index (χ3v) is 5.04. The van der Waals surface area contributed by atoms with Crippen LogP contribution in [0.3, 0.4) is 0 Å². The monoisotopic (exact) mass is 418 g/mol. The Morgan fingerprint density at radius 2 is 1.31 bits per heavy atom. The van der Waals surface area contributed by atoms with Crippen molar-refractivity contribution in [3.8, 4) is 0 Å². The smallest absolute Gasteiger partial charge is 0.318 e. The van der Waals surface area contributed by atoms with E-state index >= 15 is 0 Å². The Balaban J connectivity index is 0.000000265. The summed E-state index contributed by atoms with van der Waals surface area (Å²) in [4.78, 5) is 21.6. The Morgan fingerprint density at radius 1 is 0.923 bits per heavy atom. The normalized spacial score (nSPS) is 10.7. The molecule has 0 saturated carbocycles. The van der Waals surface area contributed by atoms with Gasteiger partial charge in [0.05, 0.1) is 11.4 Å². The van der Waals surface area contributed by atoms with E-state index in [1.807, 2.05) is 79.8 Å². The lowest BCUT2D eigenvalue weighted by molar-refractivity contribution is -0.122. The first-order chi connectivity index (χ1) is 12.4. The minimum absolute atomic E-state index is 0.375. The Hall–Kier alpha value is -2.54. The summed E-state index contributed by atoms with van der Waals surface area (Å²) in [6.07, 6.45) is 1.23. The summed E-state index contributed by atoms with van der Waals surface area (Å²) in [6, 6.07) is 18.6. The van der Waals surface area contributed by atoms with E-state index in [2.05, 4.69) is 26.2 Å². The number of carbonyl (C=O) groups is 2. The Bertz CT molecular complexity index is 675. The first-order valence-electron chi connectivity index (χ1n) is 8.23. The number of azo groups is 1. The summed E-state index contributed by atoms with van der Waals surface area (Å²) >= 11 is 3.26. The number of nitrogens with one attached hydrogen (secondary N) is 1. The van der Waals surface area contributed by atoms with Gasteiger partial charge in [-0.05, 0) is 37.1 Å². The first kappa shape index (κ1) is 21.5. The molecule has 0 fully saturated rings. The number of urea groups is 1. The van der Waals surface area contributed by atoms with Gasteiger partial charge < -0.3 is 5.73 Å². The number of benzene rings is 2. The molecule has 7 heteroatoms. The molecule has 2 aromatic rings. The van der Waals surface area contributed by atoms with Gasteiger partial charge in [0.15, 0.2) is 0 Å². The molecular weight excluding hydrogens is 396 g/mol. The zero-order valence-corrected chi connectivity index (χ0v) is 16.4. The fourth-order valence-corrected chi connectivity index (χ4v) is 2.00. The average molecular weight is 419 g/mol. The molecule has 26 heavy (non-hydrogen) atoms. The van der Waals surface area contributed by atoms with E-state index in [-0.39, 0.29) is 5.91 Å². The van der Waals surface area contributed by atoms with E-state index in [4.69, 9.17) is 5.73 Å². The number of nitrogens with zero attached hydrogens (tertiary/aromatic N) is 2. The molecule has 6 nitrogen and oxygen atoms in total. The van der Waals surface area contributed by atoms with Crippen LogP contribution in [-0.4, -0.2) is 16.3 Å². The molecule has 138 valence electrons. The number of halogens is 1. The maximum Gasteiger partial charge on any atom is 0.318 e. The van der Waals surface area contributed by atoms with Crippen molar-refractivity contribution in [3.05, 3.63) is 60.7 Å². The molecule has 0 bridgehead atoms. The second-order valence-electron chi connectivity index (χ2n) is 5.36. The van der Waals surface area contributed by atoms with Crippen molar-refractivity contribution < 1.29 is 9.59 Å². The highest BCUT2D eigenvalue weighted by molar-refractivity contribution is 9.10. The standard InChI is InChI=1S/C12H10N2.C7H13BrN2O2/c1-3-7-11(8-4-1)13-14-12-9-5-2-6-10-12;1-3-7(8,4-2)5(11)10-6(9)12/h1-10H;3-4H2,1-2H3,(H3,9,10,11,12). The SMILES string of the molecule is CCC(Br)(CC)C(=O)NC(N)=O.c1ccc(N=Nc2ccccc2)cc1. The summed E-state index contributed by atoms with van der Waals surface area (Å²) in [7, 11) is 0. The minimum atomic E-state index is -0.814. The van der Waals surface area contributed by atoms with E-state index in [9.17, 15) is 9.59 Å². The molecular formula is C19H23BrN4O2. The highest BCUT2D eigenvalue weighted by atomic mass is 79.9. The highest BCUT2D eigenvalue weighted by Crippen LogP contribution is 2.26. The van der Waals surface area contributed by atoms with Crippen LogP contribution in [0.5, 0.6) is 0 Å². The van der Waals surface area contributed by atoms with Gasteiger partial charge in [-0.3, -0.25) is 10.1 Å². The molecule has 3 N–H and O–H groups in total. The fraction of sp³-hybridized carbons (Fsp3) is 0.263. The summed E-state index contributed by atoms with van der Waals surface area (Å²) in [5.41, 5.74) is 6.55. The number of hydrogen-bond acceptors (Lipinski definition) is 4. The Kier molecular flexibility index (Phi) is 9.22. The van der Waals surface area contributed by atoms with Gasteiger partial charge in [-0.1, -0.05) is 66.2 Å². The van der Waals surface area contributed by atoms with Gasteiger partial charge in [0.1, 0.15) is 4.32 Å².